The van der Waals surface area contributed by atoms with Gasteiger partial charge in [0.2, 0.25) is 0 Å². The predicted molar refractivity (Wildman–Crippen MR) is 171 cm³/mol. The lowest BCUT2D eigenvalue weighted by Crippen LogP contribution is -2.07. The molecule has 2 heterocycles. The van der Waals surface area contributed by atoms with Gasteiger partial charge in [0.05, 0.1) is 18.9 Å². The molecular formula is C30H20Br2N4S2. The van der Waals surface area contributed by atoms with Crippen molar-refractivity contribution in [2.75, 3.05) is 10.9 Å². The third kappa shape index (κ3) is 3.73. The van der Waals surface area contributed by atoms with Crippen molar-refractivity contribution in [3.8, 4) is 0 Å². The standard InChI is InChI=1S/C30H20Br2N4S2/c1-15-23-26(30-19(13-22(32)38-30)27(23)35-33-17-9-5-3-6-10-17)16(2)24-25(15)29-20(14-21(31)37-29)28(24)36-34-18-11-7-4-8-12-18/h3-14,33-34H,1-2H3. The highest BCUT2D eigenvalue weighted by Gasteiger charge is 2.24. The van der Waals surface area contributed by atoms with Gasteiger partial charge < -0.3 is 0 Å². The number of nitrogens with zero attached hydrogens (tertiary/aromatic N) is 2. The van der Waals surface area contributed by atoms with Crippen molar-refractivity contribution in [1.29, 1.82) is 0 Å². The summed E-state index contributed by atoms with van der Waals surface area (Å²) in [5, 5.41) is 19.1. The van der Waals surface area contributed by atoms with E-state index in [1.54, 1.807) is 22.7 Å². The zero-order valence-corrected chi connectivity index (χ0v) is 25.2. The van der Waals surface area contributed by atoms with Gasteiger partial charge in [0.25, 0.3) is 0 Å². The second-order valence-electron chi connectivity index (χ2n) is 9.21. The molecule has 38 heavy (non-hydrogen) atoms. The van der Waals surface area contributed by atoms with E-state index in [1.165, 1.54) is 42.1 Å². The van der Waals surface area contributed by atoms with Crippen LogP contribution in [0.5, 0.6) is 0 Å². The zero-order valence-electron chi connectivity index (χ0n) is 20.4. The van der Waals surface area contributed by atoms with Crippen LogP contribution in [-0.4, -0.2) is 0 Å². The van der Waals surface area contributed by atoms with E-state index >= 15 is 0 Å². The summed E-state index contributed by atoms with van der Waals surface area (Å²) in [7, 11) is 0. The van der Waals surface area contributed by atoms with Gasteiger partial charge in [0, 0.05) is 41.7 Å². The fourth-order valence-electron chi connectivity index (χ4n) is 5.37. The van der Waals surface area contributed by atoms with Gasteiger partial charge in [-0.15, -0.1) is 22.7 Å². The first-order valence-electron chi connectivity index (χ1n) is 12.1. The highest BCUT2D eigenvalue weighted by Crippen LogP contribution is 2.44. The molecule has 4 nitrogen and oxygen atoms in total. The van der Waals surface area contributed by atoms with Gasteiger partial charge in [0.15, 0.2) is 0 Å². The van der Waals surface area contributed by atoms with Crippen molar-refractivity contribution in [1.82, 2.24) is 0 Å². The fourth-order valence-corrected chi connectivity index (χ4v) is 8.79. The maximum Gasteiger partial charge on any atom is 0.100 e. The third-order valence-electron chi connectivity index (χ3n) is 6.98. The maximum absolute atomic E-state index is 4.98. The van der Waals surface area contributed by atoms with Crippen molar-refractivity contribution < 1.29 is 0 Å². The number of hydrogen-bond acceptors (Lipinski definition) is 6. The summed E-state index contributed by atoms with van der Waals surface area (Å²) >= 11 is 11.0. The van der Waals surface area contributed by atoms with Gasteiger partial charge in [-0.3, -0.25) is 10.9 Å². The molecule has 0 saturated heterocycles. The Morgan fingerprint density at radius 3 is 1.37 bits per heavy atom. The van der Waals surface area contributed by atoms with Crippen LogP contribution in [0, 0.1) is 13.8 Å². The number of rotatable bonds is 4. The van der Waals surface area contributed by atoms with Crippen LogP contribution in [0.25, 0.3) is 41.7 Å². The first kappa shape index (κ1) is 24.0. The van der Waals surface area contributed by atoms with Crippen LogP contribution in [0.3, 0.4) is 0 Å². The second-order valence-corrected chi connectivity index (χ2v) is 14.1. The molecule has 0 bridgehead atoms. The molecule has 5 aromatic carbocycles. The summed E-state index contributed by atoms with van der Waals surface area (Å²) in [5.41, 5.74) is 11.0. The number of fused-ring (bicyclic) bond motifs is 6. The Kier molecular flexibility index (Phi) is 5.89. The Morgan fingerprint density at radius 1 is 0.579 bits per heavy atom. The molecule has 0 fully saturated rings. The van der Waals surface area contributed by atoms with Crippen molar-refractivity contribution in [2.45, 2.75) is 13.8 Å². The topological polar surface area (TPSA) is 48.8 Å². The summed E-state index contributed by atoms with van der Waals surface area (Å²) in [6.07, 6.45) is 0. The van der Waals surface area contributed by atoms with E-state index in [4.69, 9.17) is 10.2 Å². The molecule has 186 valence electrons. The molecule has 2 aromatic heterocycles. The molecule has 2 N–H and O–H groups in total. The van der Waals surface area contributed by atoms with Crippen LogP contribution >= 0.6 is 54.5 Å². The number of hydrogen-bond donors (Lipinski definition) is 2. The molecule has 0 aliphatic heterocycles. The number of halogens is 2. The van der Waals surface area contributed by atoms with E-state index < -0.39 is 0 Å². The lowest BCUT2D eigenvalue weighted by molar-refractivity contribution is 1.25. The smallest absolute Gasteiger partial charge is 0.100 e. The van der Waals surface area contributed by atoms with Gasteiger partial charge in [-0.1, -0.05) is 36.4 Å². The van der Waals surface area contributed by atoms with Gasteiger partial charge in [-0.2, -0.15) is 10.2 Å². The average molecular weight is 660 g/mol. The van der Waals surface area contributed by atoms with Crippen LogP contribution in [0.2, 0.25) is 0 Å². The van der Waals surface area contributed by atoms with E-state index in [0.29, 0.717) is 0 Å². The second kappa shape index (κ2) is 9.31. The third-order valence-corrected chi connectivity index (χ3v) is 10.3. The molecule has 0 unspecified atom stereocenters. The van der Waals surface area contributed by atoms with Gasteiger partial charge in [-0.05, 0) is 93.2 Å². The number of para-hydroxylation sites is 2. The SMILES string of the molecule is Cc1c2c(=NNc3ccccc3)c3cc(Br)sc3c2c(C)c2c(=NNc3ccccc3)c3cc(Br)sc3c12. The number of nitrogens with one attached hydrogen (secondary N) is 2. The monoisotopic (exact) mass is 658 g/mol. The molecule has 0 aliphatic carbocycles. The minimum absolute atomic E-state index is 0.964. The van der Waals surface area contributed by atoms with E-state index in [0.717, 1.165) is 40.4 Å². The Balaban J connectivity index is 1.60. The van der Waals surface area contributed by atoms with E-state index in [-0.39, 0.29) is 0 Å². The largest absolute Gasteiger partial charge is 0.278 e. The summed E-state index contributed by atoms with van der Waals surface area (Å²) in [5.74, 6) is 0. The zero-order chi connectivity index (χ0) is 26.0. The number of aryl methyl sites for hydroxylation is 2. The first-order chi connectivity index (χ1) is 18.5. The molecule has 0 amide bonds. The number of anilines is 2. The lowest BCUT2D eigenvalue weighted by atomic mass is 9.98. The summed E-state index contributed by atoms with van der Waals surface area (Å²) < 4.78 is 4.69. The van der Waals surface area contributed by atoms with E-state index in [9.17, 15) is 0 Å². The maximum atomic E-state index is 4.98. The van der Waals surface area contributed by atoms with Crippen molar-refractivity contribution >= 4 is 108 Å². The molecule has 0 atom stereocenters. The lowest BCUT2D eigenvalue weighted by Gasteiger charge is -2.07. The Bertz CT molecular complexity index is 1960. The molecule has 0 saturated carbocycles. The number of benzene rings is 3. The first-order valence-corrected chi connectivity index (χ1v) is 15.3. The van der Waals surface area contributed by atoms with Crippen molar-refractivity contribution in [3.63, 3.8) is 0 Å². The Hall–Kier alpha value is -3.04. The van der Waals surface area contributed by atoms with Crippen LogP contribution in [0.4, 0.5) is 11.4 Å². The van der Waals surface area contributed by atoms with E-state index in [1.807, 2.05) is 60.7 Å². The normalized spacial score (nSPS) is 13.1. The van der Waals surface area contributed by atoms with Crippen molar-refractivity contribution in [3.05, 3.63) is 102 Å². The van der Waals surface area contributed by atoms with E-state index in [2.05, 4.69) is 68.7 Å². The molecule has 0 radical (unpaired) electrons. The quantitative estimate of drug-likeness (QED) is 0.185. The number of thiophene rings is 2. The molecule has 7 aromatic rings. The van der Waals surface area contributed by atoms with Gasteiger partial charge >= 0.3 is 0 Å². The summed E-state index contributed by atoms with van der Waals surface area (Å²) in [6.45, 7) is 4.46. The fraction of sp³-hybridized carbons (Fsp3) is 0.0667. The minimum Gasteiger partial charge on any atom is -0.278 e. The summed E-state index contributed by atoms with van der Waals surface area (Å²) in [4.78, 5) is 0. The van der Waals surface area contributed by atoms with Gasteiger partial charge in [-0.25, -0.2) is 0 Å². The van der Waals surface area contributed by atoms with Crippen molar-refractivity contribution in [2.24, 2.45) is 10.2 Å². The van der Waals surface area contributed by atoms with Crippen LogP contribution < -0.4 is 21.6 Å². The van der Waals surface area contributed by atoms with Crippen LogP contribution in [0.1, 0.15) is 11.1 Å². The Morgan fingerprint density at radius 2 is 0.974 bits per heavy atom. The highest BCUT2D eigenvalue weighted by molar-refractivity contribution is 9.11. The predicted octanol–water partition coefficient (Wildman–Crippen LogP) is 9.30. The molecule has 7 rings (SSSR count). The Labute approximate surface area is 243 Å². The van der Waals surface area contributed by atoms with Crippen LogP contribution in [-0.2, 0) is 0 Å². The minimum atomic E-state index is 0.964. The highest BCUT2D eigenvalue weighted by atomic mass is 79.9. The van der Waals surface area contributed by atoms with Gasteiger partial charge in [0.1, 0.15) is 10.7 Å². The summed E-state index contributed by atoms with van der Waals surface area (Å²) in [6, 6.07) is 24.6. The molecule has 0 aliphatic rings. The average Bonchev–Trinajstić information content (AvgIpc) is 3.64. The molecule has 8 heteroatoms. The molecular weight excluding hydrogens is 640 g/mol. The van der Waals surface area contributed by atoms with Crippen LogP contribution in [0.15, 0.2) is 90.6 Å². The molecule has 0 spiro atoms.